The average molecular weight is 198 g/mol. The number of furan rings is 1. The fraction of sp³-hybridized carbons (Fsp3) is 0.143. The summed E-state index contributed by atoms with van der Waals surface area (Å²) < 4.78 is 5.23. The van der Waals surface area contributed by atoms with Gasteiger partial charge in [0.1, 0.15) is 5.76 Å². The van der Waals surface area contributed by atoms with Crippen molar-refractivity contribution in [3.05, 3.63) is 66.1 Å². The van der Waals surface area contributed by atoms with Gasteiger partial charge in [0.25, 0.3) is 0 Å². The Kier molecular flexibility index (Phi) is 3.03. The molecule has 0 bridgehead atoms. The van der Waals surface area contributed by atoms with Crippen LogP contribution in [0.4, 0.5) is 0 Å². The van der Waals surface area contributed by atoms with E-state index in [1.165, 1.54) is 5.56 Å². The minimum absolute atomic E-state index is 0.413. The molecular weight excluding hydrogens is 184 g/mol. The summed E-state index contributed by atoms with van der Waals surface area (Å²) in [5.74, 6) is 1.31. The summed E-state index contributed by atoms with van der Waals surface area (Å²) in [5, 5.41) is 0. The molecule has 0 fully saturated rings. The number of hydrogen-bond acceptors (Lipinski definition) is 1. The third kappa shape index (κ3) is 2.59. The van der Waals surface area contributed by atoms with Crippen LogP contribution in [-0.2, 0) is 0 Å². The molecule has 1 heteroatoms. The minimum Gasteiger partial charge on any atom is -0.465 e. The lowest BCUT2D eigenvalue weighted by atomic mass is 10.0. The van der Waals surface area contributed by atoms with Gasteiger partial charge in [0.15, 0.2) is 0 Å². The summed E-state index contributed by atoms with van der Waals surface area (Å²) in [6, 6.07) is 14.3. The Bertz CT molecular complexity index is 412. The van der Waals surface area contributed by atoms with Crippen molar-refractivity contribution in [1.82, 2.24) is 0 Å². The summed E-state index contributed by atoms with van der Waals surface area (Å²) in [6.45, 7) is 2.18. The lowest BCUT2D eigenvalue weighted by Crippen LogP contribution is -1.87. The highest BCUT2D eigenvalue weighted by Crippen LogP contribution is 2.17. The molecule has 1 heterocycles. The van der Waals surface area contributed by atoms with Crippen LogP contribution in [0, 0.1) is 0 Å². The van der Waals surface area contributed by atoms with Crippen LogP contribution in [0.25, 0.3) is 6.08 Å². The molecule has 1 aromatic carbocycles. The van der Waals surface area contributed by atoms with Gasteiger partial charge in [-0.2, -0.15) is 0 Å². The minimum atomic E-state index is 0.413. The van der Waals surface area contributed by atoms with Crippen LogP contribution in [0.2, 0.25) is 0 Å². The molecule has 0 aliphatic heterocycles. The maximum absolute atomic E-state index is 5.23. The monoisotopic (exact) mass is 198 g/mol. The molecule has 0 N–H and O–H groups in total. The predicted molar refractivity (Wildman–Crippen MR) is 62.6 cm³/mol. The molecule has 0 aliphatic rings. The molecule has 0 saturated carbocycles. The second-order valence-electron chi connectivity index (χ2n) is 3.57. The molecule has 2 rings (SSSR count). The van der Waals surface area contributed by atoms with Crippen molar-refractivity contribution in [1.29, 1.82) is 0 Å². The Balaban J connectivity index is 2.07. The van der Waals surface area contributed by atoms with E-state index in [0.717, 1.165) is 5.76 Å². The first-order valence-electron chi connectivity index (χ1n) is 5.13. The van der Waals surface area contributed by atoms with E-state index in [0.29, 0.717) is 5.92 Å². The summed E-state index contributed by atoms with van der Waals surface area (Å²) in [7, 11) is 0. The average Bonchev–Trinajstić information content (AvgIpc) is 2.80. The topological polar surface area (TPSA) is 13.1 Å². The summed E-state index contributed by atoms with van der Waals surface area (Å²) in [5.41, 5.74) is 1.32. The van der Waals surface area contributed by atoms with Crippen molar-refractivity contribution >= 4 is 6.08 Å². The number of hydrogen-bond donors (Lipinski definition) is 0. The molecule has 0 amide bonds. The van der Waals surface area contributed by atoms with Crippen molar-refractivity contribution in [2.45, 2.75) is 12.8 Å². The Morgan fingerprint density at radius 1 is 1.07 bits per heavy atom. The molecule has 15 heavy (non-hydrogen) atoms. The lowest BCUT2D eigenvalue weighted by molar-refractivity contribution is 0.556. The van der Waals surface area contributed by atoms with E-state index in [1.807, 2.05) is 24.3 Å². The van der Waals surface area contributed by atoms with Crippen molar-refractivity contribution in [3.8, 4) is 0 Å². The van der Waals surface area contributed by atoms with Gasteiger partial charge in [-0.15, -0.1) is 0 Å². The van der Waals surface area contributed by atoms with Gasteiger partial charge < -0.3 is 4.42 Å². The normalized spacial score (nSPS) is 13.1. The van der Waals surface area contributed by atoms with Crippen molar-refractivity contribution in [3.63, 3.8) is 0 Å². The maximum atomic E-state index is 5.23. The van der Waals surface area contributed by atoms with Crippen LogP contribution >= 0.6 is 0 Å². The van der Waals surface area contributed by atoms with Crippen LogP contribution in [0.15, 0.2) is 59.2 Å². The van der Waals surface area contributed by atoms with Gasteiger partial charge in [0, 0.05) is 0 Å². The van der Waals surface area contributed by atoms with E-state index in [2.05, 4.69) is 37.3 Å². The van der Waals surface area contributed by atoms with Crippen LogP contribution in [0.1, 0.15) is 24.2 Å². The summed E-state index contributed by atoms with van der Waals surface area (Å²) >= 11 is 0. The Labute approximate surface area is 90.1 Å². The first kappa shape index (κ1) is 9.78. The molecule has 0 unspecified atom stereocenters. The van der Waals surface area contributed by atoms with Gasteiger partial charge in [-0.3, -0.25) is 0 Å². The highest BCUT2D eigenvalue weighted by Gasteiger charge is 1.99. The van der Waals surface area contributed by atoms with Gasteiger partial charge in [-0.25, -0.2) is 0 Å². The fourth-order valence-electron chi connectivity index (χ4n) is 1.49. The second kappa shape index (κ2) is 4.65. The molecule has 0 aliphatic carbocycles. The molecule has 1 nitrogen and oxygen atoms in total. The third-order valence-corrected chi connectivity index (χ3v) is 2.42. The van der Waals surface area contributed by atoms with E-state index in [-0.39, 0.29) is 0 Å². The molecular formula is C14H14O. The van der Waals surface area contributed by atoms with E-state index < -0.39 is 0 Å². The van der Waals surface area contributed by atoms with E-state index in [9.17, 15) is 0 Å². The van der Waals surface area contributed by atoms with E-state index in [1.54, 1.807) is 6.26 Å². The SMILES string of the molecule is C[C@H](/C=C/c1ccco1)c1ccccc1. The van der Waals surface area contributed by atoms with Gasteiger partial charge in [0.2, 0.25) is 0 Å². The zero-order valence-electron chi connectivity index (χ0n) is 8.76. The zero-order valence-corrected chi connectivity index (χ0v) is 8.76. The molecule has 0 saturated heterocycles. The lowest BCUT2D eigenvalue weighted by Gasteiger charge is -2.04. The summed E-state index contributed by atoms with van der Waals surface area (Å²) in [6.07, 6.45) is 5.85. The van der Waals surface area contributed by atoms with Crippen molar-refractivity contribution in [2.24, 2.45) is 0 Å². The first-order chi connectivity index (χ1) is 7.36. The van der Waals surface area contributed by atoms with Gasteiger partial charge in [0.05, 0.1) is 6.26 Å². The van der Waals surface area contributed by atoms with Crippen LogP contribution in [0.5, 0.6) is 0 Å². The Morgan fingerprint density at radius 2 is 1.87 bits per heavy atom. The van der Waals surface area contributed by atoms with E-state index in [4.69, 9.17) is 4.42 Å². The van der Waals surface area contributed by atoms with Crippen LogP contribution < -0.4 is 0 Å². The smallest absolute Gasteiger partial charge is 0.126 e. The fourth-order valence-corrected chi connectivity index (χ4v) is 1.49. The van der Waals surface area contributed by atoms with Gasteiger partial charge in [-0.1, -0.05) is 43.3 Å². The molecule has 1 aromatic heterocycles. The number of benzene rings is 1. The number of rotatable bonds is 3. The predicted octanol–water partition coefficient (Wildman–Crippen LogP) is 4.10. The third-order valence-electron chi connectivity index (χ3n) is 2.42. The maximum Gasteiger partial charge on any atom is 0.126 e. The van der Waals surface area contributed by atoms with E-state index >= 15 is 0 Å². The second-order valence-corrected chi connectivity index (χ2v) is 3.57. The summed E-state index contributed by atoms with van der Waals surface area (Å²) in [4.78, 5) is 0. The van der Waals surface area contributed by atoms with Gasteiger partial charge in [-0.05, 0) is 29.7 Å². The van der Waals surface area contributed by atoms with Crippen LogP contribution in [-0.4, -0.2) is 0 Å². The first-order valence-corrected chi connectivity index (χ1v) is 5.13. The number of allylic oxidation sites excluding steroid dienone is 1. The quantitative estimate of drug-likeness (QED) is 0.723. The highest BCUT2D eigenvalue weighted by molar-refractivity contribution is 5.44. The Morgan fingerprint density at radius 3 is 2.53 bits per heavy atom. The van der Waals surface area contributed by atoms with Crippen molar-refractivity contribution in [2.75, 3.05) is 0 Å². The molecule has 2 aromatic rings. The molecule has 0 radical (unpaired) electrons. The van der Waals surface area contributed by atoms with Gasteiger partial charge >= 0.3 is 0 Å². The van der Waals surface area contributed by atoms with Crippen LogP contribution in [0.3, 0.4) is 0 Å². The highest BCUT2D eigenvalue weighted by atomic mass is 16.3. The standard InChI is InChI=1S/C14H14O/c1-12(13-6-3-2-4-7-13)9-10-14-8-5-11-15-14/h2-12H,1H3/b10-9+/t12-/m1/s1. The Hall–Kier alpha value is -1.76. The molecule has 76 valence electrons. The largest absolute Gasteiger partial charge is 0.465 e. The van der Waals surface area contributed by atoms with Crippen molar-refractivity contribution < 1.29 is 4.42 Å². The molecule has 0 spiro atoms. The zero-order chi connectivity index (χ0) is 10.5. The molecule has 1 atom stereocenters.